The first-order valence-electron chi connectivity index (χ1n) is 6.29. The number of hydrogen-bond donors (Lipinski definition) is 3. The van der Waals surface area contributed by atoms with E-state index in [4.69, 9.17) is 9.84 Å². The van der Waals surface area contributed by atoms with Gasteiger partial charge in [-0.1, -0.05) is 6.92 Å². The first-order chi connectivity index (χ1) is 8.39. The second-order valence-corrected chi connectivity index (χ2v) is 5.00. The Kier molecular flexibility index (Phi) is 4.95. The summed E-state index contributed by atoms with van der Waals surface area (Å²) in [6.07, 6.45) is 1.25. The number of carbonyl (C=O) groups is 2. The molecule has 1 aliphatic rings. The van der Waals surface area contributed by atoms with Crippen LogP contribution in [0.2, 0.25) is 0 Å². The van der Waals surface area contributed by atoms with Gasteiger partial charge in [0, 0.05) is 18.6 Å². The van der Waals surface area contributed by atoms with E-state index < -0.39 is 17.5 Å². The minimum Gasteiger partial charge on any atom is -0.480 e. The van der Waals surface area contributed by atoms with E-state index in [0.717, 1.165) is 13.0 Å². The van der Waals surface area contributed by atoms with Gasteiger partial charge in [0.15, 0.2) is 0 Å². The number of ether oxygens (including phenoxy) is 1. The van der Waals surface area contributed by atoms with Crippen molar-refractivity contribution in [3.63, 3.8) is 0 Å². The second kappa shape index (κ2) is 6.04. The molecule has 1 aliphatic heterocycles. The van der Waals surface area contributed by atoms with Crippen molar-refractivity contribution in [1.82, 2.24) is 10.6 Å². The molecule has 0 saturated carbocycles. The van der Waals surface area contributed by atoms with Crippen LogP contribution in [-0.4, -0.2) is 41.9 Å². The Bertz CT molecular complexity index is 315. The van der Waals surface area contributed by atoms with Crippen molar-refractivity contribution in [1.29, 1.82) is 0 Å². The van der Waals surface area contributed by atoms with E-state index in [9.17, 15) is 9.59 Å². The summed E-state index contributed by atoms with van der Waals surface area (Å²) in [5.41, 5.74) is -1.23. The average Bonchev–Trinajstić information content (AvgIpc) is 2.81. The minimum absolute atomic E-state index is 0.0256. The van der Waals surface area contributed by atoms with Gasteiger partial charge >= 0.3 is 12.0 Å². The lowest BCUT2D eigenvalue weighted by molar-refractivity contribution is -0.143. The van der Waals surface area contributed by atoms with Crippen LogP contribution in [0.4, 0.5) is 4.79 Å². The Balaban J connectivity index is 2.47. The standard InChI is InChI=1S/C12H22N2O4/c1-4-12(3,10(15)16)14-11(17)13-8(2)9-5-6-18-7-9/h8-9H,4-7H2,1-3H3,(H,15,16)(H2,13,14,17). The van der Waals surface area contributed by atoms with Gasteiger partial charge < -0.3 is 20.5 Å². The molecule has 2 amide bonds. The number of aliphatic carboxylic acids is 1. The number of carboxylic acid groups (broad SMARTS) is 1. The van der Waals surface area contributed by atoms with E-state index in [1.54, 1.807) is 6.92 Å². The van der Waals surface area contributed by atoms with Gasteiger partial charge in [-0.05, 0) is 26.7 Å². The lowest BCUT2D eigenvalue weighted by atomic mass is 9.99. The van der Waals surface area contributed by atoms with Crippen LogP contribution < -0.4 is 10.6 Å². The molecular weight excluding hydrogens is 236 g/mol. The molecule has 0 bridgehead atoms. The fourth-order valence-electron chi connectivity index (χ4n) is 1.85. The third-order valence-electron chi connectivity index (χ3n) is 3.60. The van der Waals surface area contributed by atoms with Crippen LogP contribution >= 0.6 is 0 Å². The minimum atomic E-state index is -1.23. The zero-order valence-corrected chi connectivity index (χ0v) is 11.2. The Hall–Kier alpha value is -1.30. The van der Waals surface area contributed by atoms with Gasteiger partial charge in [-0.25, -0.2) is 9.59 Å². The van der Waals surface area contributed by atoms with Crippen LogP contribution in [0.25, 0.3) is 0 Å². The third-order valence-corrected chi connectivity index (χ3v) is 3.60. The second-order valence-electron chi connectivity index (χ2n) is 5.00. The number of carboxylic acids is 1. The van der Waals surface area contributed by atoms with E-state index in [1.165, 1.54) is 6.92 Å². The maximum Gasteiger partial charge on any atom is 0.329 e. The Morgan fingerprint density at radius 3 is 2.67 bits per heavy atom. The van der Waals surface area contributed by atoms with E-state index in [2.05, 4.69) is 10.6 Å². The largest absolute Gasteiger partial charge is 0.480 e. The normalized spacial score (nSPS) is 24.1. The number of hydrogen-bond acceptors (Lipinski definition) is 3. The van der Waals surface area contributed by atoms with E-state index in [1.807, 2.05) is 6.92 Å². The summed E-state index contributed by atoms with van der Waals surface area (Å²) >= 11 is 0. The summed E-state index contributed by atoms with van der Waals surface area (Å²) in [6.45, 7) is 6.50. The zero-order chi connectivity index (χ0) is 13.8. The molecule has 0 aliphatic carbocycles. The monoisotopic (exact) mass is 258 g/mol. The van der Waals surface area contributed by atoms with Gasteiger partial charge in [-0.2, -0.15) is 0 Å². The molecule has 1 saturated heterocycles. The zero-order valence-electron chi connectivity index (χ0n) is 11.2. The number of amides is 2. The van der Waals surface area contributed by atoms with Crippen molar-refractivity contribution in [3.05, 3.63) is 0 Å². The predicted octanol–water partition coefficient (Wildman–Crippen LogP) is 0.964. The summed E-state index contributed by atoms with van der Waals surface area (Å²) in [5.74, 6) is -0.731. The predicted molar refractivity (Wildman–Crippen MR) is 66.4 cm³/mol. The molecule has 0 spiro atoms. The van der Waals surface area contributed by atoms with E-state index in [-0.39, 0.29) is 6.04 Å². The lowest BCUT2D eigenvalue weighted by Gasteiger charge is -2.27. The molecule has 3 N–H and O–H groups in total. The first kappa shape index (κ1) is 14.8. The highest BCUT2D eigenvalue weighted by Gasteiger charge is 2.33. The summed E-state index contributed by atoms with van der Waals surface area (Å²) in [4.78, 5) is 22.8. The molecule has 0 aromatic rings. The van der Waals surface area contributed by atoms with Crippen molar-refractivity contribution in [2.75, 3.05) is 13.2 Å². The number of carbonyl (C=O) groups excluding carboxylic acids is 1. The quantitative estimate of drug-likeness (QED) is 0.685. The van der Waals surface area contributed by atoms with Crippen LogP contribution in [0.1, 0.15) is 33.6 Å². The summed E-state index contributed by atoms with van der Waals surface area (Å²) in [7, 11) is 0. The van der Waals surface area contributed by atoms with Gasteiger partial charge in [0.05, 0.1) is 6.61 Å². The Morgan fingerprint density at radius 2 is 2.22 bits per heavy atom. The highest BCUT2D eigenvalue weighted by molar-refractivity contribution is 5.85. The number of rotatable bonds is 5. The molecule has 3 unspecified atom stereocenters. The molecule has 1 rings (SSSR count). The molecule has 0 radical (unpaired) electrons. The van der Waals surface area contributed by atoms with Crippen LogP contribution in [0.15, 0.2) is 0 Å². The molecule has 3 atom stereocenters. The molecule has 0 aromatic carbocycles. The maximum absolute atomic E-state index is 11.8. The lowest BCUT2D eigenvalue weighted by Crippen LogP contribution is -2.56. The summed E-state index contributed by atoms with van der Waals surface area (Å²) in [6, 6.07) is -0.469. The van der Waals surface area contributed by atoms with Crippen molar-refractivity contribution in [2.45, 2.75) is 45.2 Å². The fourth-order valence-corrected chi connectivity index (χ4v) is 1.85. The molecule has 0 aromatic heterocycles. The average molecular weight is 258 g/mol. The van der Waals surface area contributed by atoms with Crippen molar-refractivity contribution >= 4 is 12.0 Å². The smallest absolute Gasteiger partial charge is 0.329 e. The van der Waals surface area contributed by atoms with Gasteiger partial charge in [0.25, 0.3) is 0 Å². The van der Waals surface area contributed by atoms with Crippen LogP contribution in [0.5, 0.6) is 0 Å². The topological polar surface area (TPSA) is 87.7 Å². The highest BCUT2D eigenvalue weighted by atomic mass is 16.5. The van der Waals surface area contributed by atoms with Crippen molar-refractivity contribution in [3.8, 4) is 0 Å². The highest BCUT2D eigenvalue weighted by Crippen LogP contribution is 2.16. The van der Waals surface area contributed by atoms with Crippen molar-refractivity contribution in [2.24, 2.45) is 5.92 Å². The molecule has 104 valence electrons. The molecule has 6 nitrogen and oxygen atoms in total. The third kappa shape index (κ3) is 3.60. The molecule has 1 heterocycles. The molecule has 1 fully saturated rings. The van der Waals surface area contributed by atoms with Crippen LogP contribution in [-0.2, 0) is 9.53 Å². The first-order valence-corrected chi connectivity index (χ1v) is 6.29. The molecule has 18 heavy (non-hydrogen) atoms. The number of urea groups is 1. The van der Waals surface area contributed by atoms with Crippen molar-refractivity contribution < 1.29 is 19.4 Å². The summed E-state index contributed by atoms with van der Waals surface area (Å²) < 4.78 is 5.25. The SMILES string of the molecule is CCC(C)(NC(=O)NC(C)C1CCOC1)C(=O)O. The van der Waals surface area contributed by atoms with Gasteiger partial charge in [0.1, 0.15) is 5.54 Å². The summed E-state index contributed by atoms with van der Waals surface area (Å²) in [5, 5.41) is 14.3. The van der Waals surface area contributed by atoms with Gasteiger partial charge in [-0.3, -0.25) is 0 Å². The number of nitrogens with one attached hydrogen (secondary N) is 2. The Morgan fingerprint density at radius 1 is 1.56 bits per heavy atom. The van der Waals surface area contributed by atoms with Gasteiger partial charge in [0.2, 0.25) is 0 Å². The van der Waals surface area contributed by atoms with E-state index >= 15 is 0 Å². The van der Waals surface area contributed by atoms with Gasteiger partial charge in [-0.15, -0.1) is 0 Å². The van der Waals surface area contributed by atoms with Crippen LogP contribution in [0.3, 0.4) is 0 Å². The van der Waals surface area contributed by atoms with Crippen LogP contribution in [0, 0.1) is 5.92 Å². The van der Waals surface area contributed by atoms with E-state index in [0.29, 0.717) is 18.9 Å². The molecular formula is C12H22N2O4. The fraction of sp³-hybridized carbons (Fsp3) is 0.833. The maximum atomic E-state index is 11.8. The Labute approximate surface area is 107 Å². The molecule has 6 heteroatoms.